The van der Waals surface area contributed by atoms with Gasteiger partial charge in [-0.1, -0.05) is 0 Å². The second-order valence-corrected chi connectivity index (χ2v) is 7.26. The topological polar surface area (TPSA) is 58.0 Å². The van der Waals surface area contributed by atoms with Crippen LogP contribution in [0.2, 0.25) is 0 Å². The van der Waals surface area contributed by atoms with Gasteiger partial charge >= 0.3 is 6.09 Å². The second kappa shape index (κ2) is 6.79. The Morgan fingerprint density at radius 1 is 1.21 bits per heavy atom. The van der Waals surface area contributed by atoms with E-state index in [1.807, 2.05) is 33.0 Å². The van der Waals surface area contributed by atoms with Gasteiger partial charge in [0.1, 0.15) is 11.4 Å². The Labute approximate surface area is 143 Å². The van der Waals surface area contributed by atoms with E-state index < -0.39 is 5.60 Å². The summed E-state index contributed by atoms with van der Waals surface area (Å²) in [7, 11) is 0. The standard InChI is InChI=1S/C18H26N4O2/c1-18(2,3)24-17(23)22-12-10-21(11-13-22)16-14(6-4-9-20-16)15-7-5-8-19-15/h4,6,9H,5,7-8,10-13H2,1-3H3. The first kappa shape index (κ1) is 16.7. The quantitative estimate of drug-likeness (QED) is 0.836. The van der Waals surface area contributed by atoms with Crippen molar-refractivity contribution in [1.82, 2.24) is 9.88 Å². The molecule has 6 nitrogen and oxygen atoms in total. The Hall–Kier alpha value is -2.11. The van der Waals surface area contributed by atoms with E-state index in [9.17, 15) is 4.79 Å². The highest BCUT2D eigenvalue weighted by Gasteiger charge is 2.27. The van der Waals surface area contributed by atoms with Crippen molar-refractivity contribution in [3.05, 3.63) is 23.9 Å². The predicted octanol–water partition coefficient (Wildman–Crippen LogP) is 2.72. The molecule has 3 heterocycles. The van der Waals surface area contributed by atoms with E-state index in [1.54, 1.807) is 4.90 Å². The van der Waals surface area contributed by atoms with Crippen molar-refractivity contribution in [2.45, 2.75) is 39.2 Å². The summed E-state index contributed by atoms with van der Waals surface area (Å²) < 4.78 is 5.46. The van der Waals surface area contributed by atoms with Gasteiger partial charge in [0.05, 0.1) is 0 Å². The first-order valence-corrected chi connectivity index (χ1v) is 8.66. The maximum absolute atomic E-state index is 12.2. The van der Waals surface area contributed by atoms with Crippen molar-refractivity contribution in [3.63, 3.8) is 0 Å². The number of hydrogen-bond donors (Lipinski definition) is 0. The highest BCUT2D eigenvalue weighted by molar-refractivity contribution is 6.05. The summed E-state index contributed by atoms with van der Waals surface area (Å²) in [6.45, 7) is 9.41. The first-order valence-electron chi connectivity index (χ1n) is 8.66. The zero-order valence-corrected chi connectivity index (χ0v) is 14.8. The van der Waals surface area contributed by atoms with Crippen LogP contribution < -0.4 is 4.90 Å². The third kappa shape index (κ3) is 3.86. The fourth-order valence-corrected chi connectivity index (χ4v) is 3.06. The minimum absolute atomic E-state index is 0.233. The van der Waals surface area contributed by atoms with Crippen molar-refractivity contribution in [3.8, 4) is 0 Å². The Kier molecular flexibility index (Phi) is 4.73. The molecular formula is C18H26N4O2. The van der Waals surface area contributed by atoms with Crippen molar-refractivity contribution >= 4 is 17.6 Å². The van der Waals surface area contributed by atoms with Gasteiger partial charge in [0.2, 0.25) is 0 Å². The van der Waals surface area contributed by atoms with E-state index in [4.69, 9.17) is 4.74 Å². The molecule has 0 aliphatic carbocycles. The number of aromatic nitrogens is 1. The fraction of sp³-hybridized carbons (Fsp3) is 0.611. The molecule has 1 saturated heterocycles. The number of nitrogens with zero attached hydrogens (tertiary/aromatic N) is 4. The molecule has 130 valence electrons. The number of hydrogen-bond acceptors (Lipinski definition) is 5. The maximum atomic E-state index is 12.2. The summed E-state index contributed by atoms with van der Waals surface area (Å²) in [5, 5.41) is 0. The molecule has 0 atom stereocenters. The Morgan fingerprint density at radius 2 is 1.96 bits per heavy atom. The van der Waals surface area contributed by atoms with Gasteiger partial charge in [0.25, 0.3) is 0 Å². The third-order valence-corrected chi connectivity index (χ3v) is 4.20. The lowest BCUT2D eigenvalue weighted by Crippen LogP contribution is -2.50. The number of pyridine rings is 1. The number of anilines is 1. The van der Waals surface area contributed by atoms with Crippen molar-refractivity contribution < 1.29 is 9.53 Å². The van der Waals surface area contributed by atoms with Crippen LogP contribution in [0.15, 0.2) is 23.3 Å². The molecule has 1 aromatic rings. The molecule has 1 aromatic heterocycles. The van der Waals surface area contributed by atoms with Gasteiger partial charge in [0, 0.05) is 50.2 Å². The van der Waals surface area contributed by atoms with Crippen LogP contribution in [0.1, 0.15) is 39.2 Å². The zero-order valence-electron chi connectivity index (χ0n) is 14.8. The van der Waals surface area contributed by atoms with E-state index in [0.29, 0.717) is 13.1 Å². The molecule has 0 aromatic carbocycles. The highest BCUT2D eigenvalue weighted by Crippen LogP contribution is 2.24. The number of aliphatic imine (C=N–C) groups is 1. The Morgan fingerprint density at radius 3 is 2.58 bits per heavy atom. The lowest BCUT2D eigenvalue weighted by Gasteiger charge is -2.36. The summed E-state index contributed by atoms with van der Waals surface area (Å²) in [5.74, 6) is 0.988. The second-order valence-electron chi connectivity index (χ2n) is 7.26. The molecule has 6 heteroatoms. The van der Waals surface area contributed by atoms with E-state index in [0.717, 1.165) is 49.6 Å². The number of amides is 1. The summed E-state index contributed by atoms with van der Waals surface area (Å²) in [5.41, 5.74) is 1.84. The minimum atomic E-state index is -0.455. The smallest absolute Gasteiger partial charge is 0.410 e. The largest absolute Gasteiger partial charge is 0.444 e. The van der Waals surface area contributed by atoms with Crippen LogP contribution in [0, 0.1) is 0 Å². The Balaban J connectivity index is 1.66. The van der Waals surface area contributed by atoms with Crippen LogP contribution >= 0.6 is 0 Å². The molecule has 0 spiro atoms. The molecule has 1 fully saturated rings. The molecule has 0 saturated carbocycles. The van der Waals surface area contributed by atoms with Gasteiger partial charge in [-0.3, -0.25) is 4.99 Å². The average Bonchev–Trinajstić information content (AvgIpc) is 3.08. The van der Waals surface area contributed by atoms with E-state index in [2.05, 4.69) is 20.9 Å². The van der Waals surface area contributed by atoms with Crippen LogP contribution in [-0.2, 0) is 4.74 Å². The average molecular weight is 330 g/mol. The van der Waals surface area contributed by atoms with Crippen LogP contribution in [0.3, 0.4) is 0 Å². The number of carbonyl (C=O) groups is 1. The number of carbonyl (C=O) groups excluding carboxylic acids is 1. The number of piperazine rings is 1. The van der Waals surface area contributed by atoms with E-state index >= 15 is 0 Å². The molecule has 2 aliphatic heterocycles. The predicted molar refractivity (Wildman–Crippen MR) is 94.9 cm³/mol. The molecule has 0 N–H and O–H groups in total. The summed E-state index contributed by atoms with van der Waals surface area (Å²) in [6, 6.07) is 4.07. The van der Waals surface area contributed by atoms with Gasteiger partial charge < -0.3 is 14.5 Å². The zero-order chi connectivity index (χ0) is 17.2. The molecule has 3 rings (SSSR count). The molecular weight excluding hydrogens is 304 g/mol. The Bertz CT molecular complexity index is 628. The molecule has 24 heavy (non-hydrogen) atoms. The van der Waals surface area contributed by atoms with Gasteiger partial charge in [-0.05, 0) is 45.7 Å². The van der Waals surface area contributed by atoms with Gasteiger partial charge in [0.15, 0.2) is 0 Å². The fourth-order valence-electron chi connectivity index (χ4n) is 3.06. The monoisotopic (exact) mass is 330 g/mol. The van der Waals surface area contributed by atoms with Crippen LogP contribution in [0.5, 0.6) is 0 Å². The molecule has 1 amide bonds. The van der Waals surface area contributed by atoms with Gasteiger partial charge in [-0.2, -0.15) is 0 Å². The van der Waals surface area contributed by atoms with Crippen LogP contribution in [0.25, 0.3) is 0 Å². The van der Waals surface area contributed by atoms with Crippen LogP contribution in [0.4, 0.5) is 10.6 Å². The van der Waals surface area contributed by atoms with Crippen LogP contribution in [-0.4, -0.2) is 60.0 Å². The summed E-state index contributed by atoms with van der Waals surface area (Å²) in [6.07, 6.45) is 3.74. The van der Waals surface area contributed by atoms with Gasteiger partial charge in [-0.25, -0.2) is 9.78 Å². The van der Waals surface area contributed by atoms with Crippen molar-refractivity contribution in [2.75, 3.05) is 37.6 Å². The summed E-state index contributed by atoms with van der Waals surface area (Å²) >= 11 is 0. The highest BCUT2D eigenvalue weighted by atomic mass is 16.6. The lowest BCUT2D eigenvalue weighted by atomic mass is 10.1. The number of rotatable bonds is 2. The first-order chi connectivity index (χ1) is 11.4. The number of ether oxygens (including phenoxy) is 1. The minimum Gasteiger partial charge on any atom is -0.444 e. The van der Waals surface area contributed by atoms with E-state index in [1.165, 1.54) is 0 Å². The molecule has 2 aliphatic rings. The van der Waals surface area contributed by atoms with Gasteiger partial charge in [-0.15, -0.1) is 0 Å². The SMILES string of the molecule is CC(C)(C)OC(=O)N1CCN(c2ncccc2C2=NCCC2)CC1. The summed E-state index contributed by atoms with van der Waals surface area (Å²) in [4.78, 5) is 25.4. The molecule has 0 radical (unpaired) electrons. The lowest BCUT2D eigenvalue weighted by molar-refractivity contribution is 0.0240. The van der Waals surface area contributed by atoms with Crippen molar-refractivity contribution in [1.29, 1.82) is 0 Å². The van der Waals surface area contributed by atoms with Crippen molar-refractivity contribution in [2.24, 2.45) is 4.99 Å². The molecule has 0 unspecified atom stereocenters. The third-order valence-electron chi connectivity index (χ3n) is 4.20. The normalized spacial score (nSPS) is 18.5. The van der Waals surface area contributed by atoms with E-state index in [-0.39, 0.29) is 6.09 Å². The molecule has 0 bridgehead atoms. The maximum Gasteiger partial charge on any atom is 0.410 e.